The van der Waals surface area contributed by atoms with Gasteiger partial charge >= 0.3 is 26.2 Å². The Labute approximate surface area is 96.3 Å². The molecule has 0 spiro atoms. The minimum Gasteiger partial charge on any atom is -0.481 e. The van der Waals surface area contributed by atoms with Gasteiger partial charge in [-0.3, -0.25) is 18.9 Å². The summed E-state index contributed by atoms with van der Waals surface area (Å²) in [7, 11) is -3.13. The molecule has 0 heterocycles. The van der Waals surface area contributed by atoms with Crippen LogP contribution in [-0.2, 0) is 18.9 Å². The normalized spacial score (nSPS) is 11.2. The van der Waals surface area contributed by atoms with Gasteiger partial charge in [-0.05, 0) is 6.42 Å². The van der Waals surface area contributed by atoms with Crippen LogP contribution in [0.1, 0.15) is 19.3 Å². The van der Waals surface area contributed by atoms with Gasteiger partial charge in [-0.2, -0.15) is 0 Å². The van der Waals surface area contributed by atoms with Crippen LogP contribution in [0.2, 0.25) is 0 Å². The molecule has 0 aromatic rings. The summed E-state index contributed by atoms with van der Waals surface area (Å²) < 4.78 is 8.74. The molecule has 0 saturated heterocycles. The molecule has 1 atom stereocenters. The number of hydrogen-bond donors (Lipinski definition) is 5. The van der Waals surface area contributed by atoms with Gasteiger partial charge < -0.3 is 25.1 Å². The average Bonchev–Trinajstić information content (AvgIpc) is 2.09. The van der Waals surface area contributed by atoms with Crippen molar-refractivity contribution in [2.24, 2.45) is 5.92 Å². The third kappa shape index (κ3) is 17.2. The van der Waals surface area contributed by atoms with E-state index in [0.717, 1.165) is 0 Å². The van der Waals surface area contributed by atoms with Crippen LogP contribution in [-0.4, -0.2) is 43.0 Å². The molecule has 0 saturated carbocycles. The molecule has 0 amide bonds. The van der Waals surface area contributed by atoms with E-state index >= 15 is 0 Å². The maximum Gasteiger partial charge on any atom is 0.314 e. The van der Waals surface area contributed by atoms with Gasteiger partial charge in [-0.1, -0.05) is 0 Å². The van der Waals surface area contributed by atoms with Crippen molar-refractivity contribution < 1.29 is 44.1 Å². The maximum atomic E-state index is 10.4. The molecule has 0 bridgehead atoms. The molecule has 0 fully saturated rings. The number of hydrogen-bond acceptors (Lipinski definition) is 4. The molecule has 0 aromatic heterocycles. The highest BCUT2D eigenvalue weighted by atomic mass is 31.1. The van der Waals surface area contributed by atoms with Crippen molar-refractivity contribution >= 4 is 26.2 Å². The standard InChI is InChI=1S/C7H10O6.H3O3P/c8-5(9)2-1-4(7(12)13)3-6(10)11;1-4(2)3/h4H,1-3H2,(H,8,9)(H,10,11)(H,12,13);4H,(H2,1,2,3). The molecule has 0 rings (SSSR count). The van der Waals surface area contributed by atoms with E-state index in [0.29, 0.717) is 0 Å². The van der Waals surface area contributed by atoms with Crippen LogP contribution in [0.15, 0.2) is 0 Å². The monoisotopic (exact) mass is 272 g/mol. The molecule has 10 heteroatoms. The Bertz CT molecular complexity index is 296. The summed E-state index contributed by atoms with van der Waals surface area (Å²) in [4.78, 5) is 44.9. The molecular weight excluding hydrogens is 259 g/mol. The number of aliphatic carboxylic acids is 3. The van der Waals surface area contributed by atoms with Crippen LogP contribution in [0, 0.1) is 5.92 Å². The summed E-state index contributed by atoms with van der Waals surface area (Å²) >= 11 is 0. The Morgan fingerprint density at radius 1 is 1.00 bits per heavy atom. The van der Waals surface area contributed by atoms with Crippen LogP contribution in [0.3, 0.4) is 0 Å². The molecule has 0 aliphatic carbocycles. The Kier molecular flexibility index (Phi) is 10.3. The van der Waals surface area contributed by atoms with Gasteiger partial charge in [-0.25, -0.2) is 0 Å². The lowest BCUT2D eigenvalue weighted by Gasteiger charge is -2.06. The summed E-state index contributed by atoms with van der Waals surface area (Å²) in [6.07, 6.45) is -1.02. The van der Waals surface area contributed by atoms with Gasteiger partial charge in [0.1, 0.15) is 0 Å². The van der Waals surface area contributed by atoms with Crippen molar-refractivity contribution in [1.29, 1.82) is 0 Å². The summed E-state index contributed by atoms with van der Waals surface area (Å²) in [6.45, 7) is 0. The second kappa shape index (κ2) is 9.76. The number of carboxylic acid groups (broad SMARTS) is 3. The molecular formula is C7H13O9P. The fourth-order valence-corrected chi connectivity index (χ4v) is 0.821. The van der Waals surface area contributed by atoms with E-state index in [9.17, 15) is 14.4 Å². The SMILES string of the molecule is O=C(O)CCC(CC(=O)O)C(=O)O.O=[PH](O)O. The Morgan fingerprint density at radius 2 is 1.41 bits per heavy atom. The van der Waals surface area contributed by atoms with E-state index in [1.165, 1.54) is 0 Å². The van der Waals surface area contributed by atoms with E-state index in [1.807, 2.05) is 0 Å². The molecule has 100 valence electrons. The lowest BCUT2D eigenvalue weighted by Crippen LogP contribution is -2.18. The fraction of sp³-hybridized carbons (Fsp3) is 0.571. The van der Waals surface area contributed by atoms with Crippen molar-refractivity contribution in [2.45, 2.75) is 19.3 Å². The first-order valence-corrected chi connectivity index (χ1v) is 5.55. The molecule has 17 heavy (non-hydrogen) atoms. The summed E-state index contributed by atoms with van der Waals surface area (Å²) in [6, 6.07) is 0. The highest BCUT2D eigenvalue weighted by molar-refractivity contribution is 7.30. The van der Waals surface area contributed by atoms with Crippen molar-refractivity contribution in [3.05, 3.63) is 0 Å². The summed E-state index contributed by atoms with van der Waals surface area (Å²) in [5.74, 6) is -4.76. The minimum atomic E-state index is -3.13. The second-order valence-corrected chi connectivity index (χ2v) is 3.41. The molecule has 1 unspecified atom stereocenters. The molecule has 0 aromatic carbocycles. The topological polar surface area (TPSA) is 169 Å². The predicted octanol–water partition coefficient (Wildman–Crippen LogP) is -0.613. The highest BCUT2D eigenvalue weighted by Crippen LogP contribution is 2.11. The fourth-order valence-electron chi connectivity index (χ4n) is 0.821. The smallest absolute Gasteiger partial charge is 0.314 e. The third-order valence-corrected chi connectivity index (χ3v) is 1.48. The van der Waals surface area contributed by atoms with Gasteiger partial charge in [0, 0.05) is 6.42 Å². The van der Waals surface area contributed by atoms with Crippen LogP contribution in [0.4, 0.5) is 0 Å². The second-order valence-electron chi connectivity index (χ2n) is 2.85. The largest absolute Gasteiger partial charge is 0.481 e. The zero-order valence-corrected chi connectivity index (χ0v) is 9.57. The first-order chi connectivity index (χ1) is 7.66. The van der Waals surface area contributed by atoms with Gasteiger partial charge in [0.05, 0.1) is 12.3 Å². The highest BCUT2D eigenvalue weighted by Gasteiger charge is 2.21. The van der Waals surface area contributed by atoms with Gasteiger partial charge in [0.25, 0.3) is 0 Å². The zero-order valence-electron chi connectivity index (χ0n) is 8.57. The van der Waals surface area contributed by atoms with E-state index in [4.69, 9.17) is 29.7 Å². The zero-order chi connectivity index (χ0) is 14.0. The lowest BCUT2D eigenvalue weighted by molar-refractivity contribution is -0.149. The molecule has 0 radical (unpaired) electrons. The Balaban J connectivity index is 0. The van der Waals surface area contributed by atoms with Crippen LogP contribution < -0.4 is 0 Å². The van der Waals surface area contributed by atoms with E-state index < -0.39 is 38.5 Å². The van der Waals surface area contributed by atoms with Gasteiger partial charge in [0.15, 0.2) is 0 Å². The summed E-state index contributed by atoms with van der Waals surface area (Å²) in [5.41, 5.74) is 0. The number of carbonyl (C=O) groups is 3. The molecule has 5 N–H and O–H groups in total. The minimum absolute atomic E-state index is 0.156. The Hall–Kier alpha value is -1.44. The first-order valence-electron chi connectivity index (χ1n) is 4.25. The van der Waals surface area contributed by atoms with Crippen LogP contribution in [0.5, 0.6) is 0 Å². The third-order valence-electron chi connectivity index (χ3n) is 1.48. The van der Waals surface area contributed by atoms with Crippen molar-refractivity contribution in [3.63, 3.8) is 0 Å². The first kappa shape index (κ1) is 17.9. The molecule has 0 aliphatic heterocycles. The van der Waals surface area contributed by atoms with E-state index in [1.54, 1.807) is 0 Å². The summed E-state index contributed by atoms with van der Waals surface area (Å²) in [5, 5.41) is 25.0. The van der Waals surface area contributed by atoms with Gasteiger partial charge in [0.2, 0.25) is 0 Å². The van der Waals surface area contributed by atoms with Crippen molar-refractivity contribution in [3.8, 4) is 0 Å². The number of rotatable bonds is 6. The quantitative estimate of drug-likeness (QED) is 0.395. The van der Waals surface area contributed by atoms with Crippen molar-refractivity contribution in [2.75, 3.05) is 0 Å². The Morgan fingerprint density at radius 3 is 1.65 bits per heavy atom. The van der Waals surface area contributed by atoms with Gasteiger partial charge in [-0.15, -0.1) is 0 Å². The van der Waals surface area contributed by atoms with Crippen LogP contribution >= 0.6 is 8.25 Å². The predicted molar refractivity (Wildman–Crippen MR) is 53.7 cm³/mol. The average molecular weight is 272 g/mol. The lowest BCUT2D eigenvalue weighted by atomic mass is 10.00. The maximum absolute atomic E-state index is 10.4. The number of carboxylic acids is 3. The van der Waals surface area contributed by atoms with E-state index in [-0.39, 0.29) is 12.8 Å². The molecule has 0 aliphatic rings. The van der Waals surface area contributed by atoms with E-state index in [2.05, 4.69) is 0 Å². The van der Waals surface area contributed by atoms with Crippen LogP contribution in [0.25, 0.3) is 0 Å². The molecule has 9 nitrogen and oxygen atoms in total. The van der Waals surface area contributed by atoms with Crippen molar-refractivity contribution in [1.82, 2.24) is 0 Å².